The maximum atomic E-state index is 12.6. The van der Waals surface area contributed by atoms with E-state index in [1.165, 1.54) is 6.20 Å². The third-order valence-corrected chi connectivity index (χ3v) is 6.00. The summed E-state index contributed by atoms with van der Waals surface area (Å²) in [5.41, 5.74) is 2.28. The van der Waals surface area contributed by atoms with E-state index in [4.69, 9.17) is 13.7 Å². The van der Waals surface area contributed by atoms with E-state index in [9.17, 15) is 4.79 Å². The molecule has 9 heteroatoms. The molecular formula is C24H21N5O4. The van der Waals surface area contributed by atoms with Crippen LogP contribution in [0.5, 0.6) is 5.88 Å². The fourth-order valence-corrected chi connectivity index (χ4v) is 4.38. The van der Waals surface area contributed by atoms with Crippen LogP contribution in [0.25, 0.3) is 28.1 Å². The summed E-state index contributed by atoms with van der Waals surface area (Å²) in [6.45, 7) is 1.16. The van der Waals surface area contributed by atoms with Gasteiger partial charge in [-0.25, -0.2) is 9.50 Å². The zero-order valence-electron chi connectivity index (χ0n) is 17.8. The van der Waals surface area contributed by atoms with Gasteiger partial charge in [0.05, 0.1) is 19.0 Å². The van der Waals surface area contributed by atoms with Crippen molar-refractivity contribution in [3.8, 4) is 17.3 Å². The van der Waals surface area contributed by atoms with Gasteiger partial charge in [0, 0.05) is 36.5 Å². The van der Waals surface area contributed by atoms with Gasteiger partial charge >= 0.3 is 0 Å². The summed E-state index contributed by atoms with van der Waals surface area (Å²) in [4.78, 5) is 18.9. The average molecular weight is 443 g/mol. The number of aromatic nitrogens is 4. The Bertz CT molecular complexity index is 1390. The summed E-state index contributed by atoms with van der Waals surface area (Å²) in [6.07, 6.45) is 5.84. The third kappa shape index (κ3) is 3.61. The molecule has 1 atom stereocenters. The predicted octanol–water partition coefficient (Wildman–Crippen LogP) is 4.20. The zero-order valence-corrected chi connectivity index (χ0v) is 17.8. The van der Waals surface area contributed by atoms with Crippen molar-refractivity contribution in [2.45, 2.75) is 25.3 Å². The van der Waals surface area contributed by atoms with Gasteiger partial charge in [-0.1, -0.05) is 23.4 Å². The van der Waals surface area contributed by atoms with E-state index >= 15 is 0 Å². The number of carbonyl (C=O) groups is 1. The summed E-state index contributed by atoms with van der Waals surface area (Å²) in [5, 5.41) is 9.27. The summed E-state index contributed by atoms with van der Waals surface area (Å²) in [5.74, 6) is 1.33. The van der Waals surface area contributed by atoms with E-state index in [1.54, 1.807) is 22.8 Å². The van der Waals surface area contributed by atoms with Gasteiger partial charge in [0.2, 0.25) is 11.6 Å². The standard InChI is InChI=1S/C24H21N5O4/c30-24(20-9-11-26-33-20)28-12-3-5-17(28)10-13-31-23-8-7-22-25-15-18(29(22)27-23)21-14-16-4-1-2-6-19(16)32-21/h1-2,4,6-9,11,14-15,17H,3,5,10,12-13H2/t17-/m0/s1. The lowest BCUT2D eigenvalue weighted by atomic mass is 10.1. The molecule has 1 aliphatic heterocycles. The molecule has 1 fully saturated rings. The van der Waals surface area contributed by atoms with Crippen molar-refractivity contribution in [1.29, 1.82) is 0 Å². The second kappa shape index (κ2) is 8.09. The minimum absolute atomic E-state index is 0.102. The molecule has 6 rings (SSSR count). The average Bonchev–Trinajstić information content (AvgIpc) is 3.64. The molecule has 0 radical (unpaired) electrons. The quantitative estimate of drug-likeness (QED) is 0.388. The van der Waals surface area contributed by atoms with Crippen molar-refractivity contribution in [2.75, 3.05) is 13.2 Å². The second-order valence-electron chi connectivity index (χ2n) is 8.04. The third-order valence-electron chi connectivity index (χ3n) is 6.00. The molecule has 1 saturated heterocycles. The van der Waals surface area contributed by atoms with E-state index in [2.05, 4.69) is 15.2 Å². The highest BCUT2D eigenvalue weighted by Crippen LogP contribution is 2.28. The van der Waals surface area contributed by atoms with Crippen LogP contribution in [0.4, 0.5) is 0 Å². The van der Waals surface area contributed by atoms with Crippen LogP contribution < -0.4 is 4.74 Å². The number of nitrogens with zero attached hydrogens (tertiary/aromatic N) is 5. The van der Waals surface area contributed by atoms with Crippen LogP contribution in [0.1, 0.15) is 29.8 Å². The largest absolute Gasteiger partial charge is 0.477 e. The molecule has 5 heterocycles. The van der Waals surface area contributed by atoms with Gasteiger partial charge in [-0.2, -0.15) is 0 Å². The molecule has 5 aromatic rings. The molecule has 9 nitrogen and oxygen atoms in total. The van der Waals surface area contributed by atoms with Crippen molar-refractivity contribution in [3.63, 3.8) is 0 Å². The normalized spacial score (nSPS) is 16.1. The molecule has 0 saturated carbocycles. The zero-order chi connectivity index (χ0) is 22.2. The predicted molar refractivity (Wildman–Crippen MR) is 119 cm³/mol. The van der Waals surface area contributed by atoms with E-state index in [-0.39, 0.29) is 17.7 Å². The number of rotatable bonds is 6. The Kier molecular flexibility index (Phi) is 4.79. The number of furan rings is 1. The van der Waals surface area contributed by atoms with Crippen molar-refractivity contribution in [3.05, 3.63) is 66.7 Å². The van der Waals surface area contributed by atoms with Crippen LogP contribution in [0.3, 0.4) is 0 Å². The lowest BCUT2D eigenvalue weighted by molar-refractivity contribution is 0.0676. The number of imidazole rings is 1. The topological polar surface area (TPSA) is 98.9 Å². The second-order valence-corrected chi connectivity index (χ2v) is 8.04. The first-order valence-electron chi connectivity index (χ1n) is 10.9. The Morgan fingerprint density at radius 3 is 3.00 bits per heavy atom. The number of para-hydroxylation sites is 1. The number of amides is 1. The molecule has 0 spiro atoms. The van der Waals surface area contributed by atoms with Gasteiger partial charge in [0.15, 0.2) is 11.4 Å². The first kappa shape index (κ1) is 19.5. The van der Waals surface area contributed by atoms with Crippen molar-refractivity contribution in [2.24, 2.45) is 0 Å². The van der Waals surface area contributed by atoms with Crippen LogP contribution >= 0.6 is 0 Å². The lowest BCUT2D eigenvalue weighted by Crippen LogP contribution is -2.36. The van der Waals surface area contributed by atoms with E-state index < -0.39 is 0 Å². The molecule has 166 valence electrons. The maximum absolute atomic E-state index is 12.6. The van der Waals surface area contributed by atoms with E-state index in [0.717, 1.165) is 29.5 Å². The van der Waals surface area contributed by atoms with Crippen molar-refractivity contribution in [1.82, 2.24) is 24.7 Å². The van der Waals surface area contributed by atoms with Gasteiger partial charge in [-0.15, -0.1) is 5.10 Å². The monoisotopic (exact) mass is 443 g/mol. The molecular weight excluding hydrogens is 422 g/mol. The Balaban J connectivity index is 1.16. The number of hydrogen-bond acceptors (Lipinski definition) is 7. The molecule has 4 aromatic heterocycles. The Morgan fingerprint density at radius 1 is 1.18 bits per heavy atom. The molecule has 1 aromatic carbocycles. The van der Waals surface area contributed by atoms with Crippen LogP contribution in [-0.4, -0.2) is 49.8 Å². The summed E-state index contributed by atoms with van der Waals surface area (Å²) in [7, 11) is 0. The summed E-state index contributed by atoms with van der Waals surface area (Å²) in [6, 6.07) is 15.2. The Morgan fingerprint density at radius 2 is 2.12 bits per heavy atom. The minimum Gasteiger partial charge on any atom is -0.477 e. The minimum atomic E-state index is -0.122. The highest BCUT2D eigenvalue weighted by Gasteiger charge is 2.31. The number of benzene rings is 1. The van der Waals surface area contributed by atoms with Crippen LogP contribution in [0.2, 0.25) is 0 Å². The highest BCUT2D eigenvalue weighted by molar-refractivity contribution is 5.91. The maximum Gasteiger partial charge on any atom is 0.292 e. The number of ether oxygens (including phenoxy) is 1. The SMILES string of the molecule is O=C(c1ccno1)N1CCC[C@H]1CCOc1ccc2ncc(-c3cc4ccccc4o3)n2n1. The smallest absolute Gasteiger partial charge is 0.292 e. The highest BCUT2D eigenvalue weighted by atomic mass is 16.5. The molecule has 1 aliphatic rings. The van der Waals surface area contributed by atoms with Crippen LogP contribution in [-0.2, 0) is 0 Å². The molecule has 0 unspecified atom stereocenters. The molecule has 1 amide bonds. The van der Waals surface area contributed by atoms with Gasteiger partial charge in [0.1, 0.15) is 11.3 Å². The molecule has 0 N–H and O–H groups in total. The Hall–Kier alpha value is -4.14. The van der Waals surface area contributed by atoms with Crippen LogP contribution in [0, 0.1) is 0 Å². The molecule has 33 heavy (non-hydrogen) atoms. The first-order valence-corrected chi connectivity index (χ1v) is 10.9. The number of fused-ring (bicyclic) bond motifs is 2. The Labute approximate surface area is 188 Å². The van der Waals surface area contributed by atoms with Gasteiger partial charge in [-0.05, 0) is 31.0 Å². The van der Waals surface area contributed by atoms with Crippen LogP contribution in [0.15, 0.2) is 69.9 Å². The molecule has 0 aliphatic carbocycles. The van der Waals surface area contributed by atoms with E-state index in [1.807, 2.05) is 41.3 Å². The van der Waals surface area contributed by atoms with Crippen molar-refractivity contribution < 1.29 is 18.5 Å². The van der Waals surface area contributed by atoms with Gasteiger partial charge < -0.3 is 18.6 Å². The van der Waals surface area contributed by atoms with Gasteiger partial charge in [0.25, 0.3) is 5.91 Å². The fraction of sp³-hybridized carbons (Fsp3) is 0.250. The number of hydrogen-bond donors (Lipinski definition) is 0. The summed E-state index contributed by atoms with van der Waals surface area (Å²) >= 11 is 0. The number of carbonyl (C=O) groups excluding carboxylic acids is 1. The number of likely N-dealkylation sites (tertiary alicyclic amines) is 1. The fourth-order valence-electron chi connectivity index (χ4n) is 4.38. The summed E-state index contributed by atoms with van der Waals surface area (Å²) < 4.78 is 18.7. The van der Waals surface area contributed by atoms with Gasteiger partial charge in [-0.3, -0.25) is 4.79 Å². The first-order chi connectivity index (χ1) is 16.3. The lowest BCUT2D eigenvalue weighted by Gasteiger charge is -2.23. The van der Waals surface area contributed by atoms with Crippen molar-refractivity contribution >= 4 is 22.5 Å². The van der Waals surface area contributed by atoms with E-state index in [0.29, 0.717) is 36.9 Å². The molecule has 0 bridgehead atoms.